The van der Waals surface area contributed by atoms with Crippen LogP contribution in [-0.4, -0.2) is 36.1 Å². The molecule has 242 valence electrons. The van der Waals surface area contributed by atoms with E-state index in [4.69, 9.17) is 14.2 Å². The molecule has 0 radical (unpaired) electrons. The fraction of sp³-hybridized carbons (Fsp3) is 0.447. The minimum atomic E-state index is -0.913. The number of rotatable bonds is 14. The van der Waals surface area contributed by atoms with Crippen LogP contribution in [0, 0.1) is 0 Å². The standard InChI is InChI=1S/C38H49NO6/c1-8-9-10-11-12-25-43-31-23-17-29(18-24-31)35(41)44-32-21-13-27(14-22-32)26-33(36(42)45-38(5,6)7)39-34(40)28-15-19-30(20-16-28)37(2,3)4/h13-24,33H,8-12,25-26H2,1-7H3,(H,39,40). The van der Waals surface area contributed by atoms with E-state index < -0.39 is 23.6 Å². The summed E-state index contributed by atoms with van der Waals surface area (Å²) in [5.74, 6) is -0.278. The van der Waals surface area contributed by atoms with Crippen molar-refractivity contribution < 1.29 is 28.6 Å². The van der Waals surface area contributed by atoms with Crippen LogP contribution in [0.4, 0.5) is 0 Å². The summed E-state index contributed by atoms with van der Waals surface area (Å²) in [6, 6.07) is 20.3. The molecule has 0 heterocycles. The van der Waals surface area contributed by atoms with E-state index in [2.05, 4.69) is 33.0 Å². The maximum absolute atomic E-state index is 13.1. The molecule has 7 nitrogen and oxygen atoms in total. The molecule has 3 aromatic rings. The van der Waals surface area contributed by atoms with E-state index >= 15 is 0 Å². The summed E-state index contributed by atoms with van der Waals surface area (Å²) in [5, 5.41) is 2.85. The summed E-state index contributed by atoms with van der Waals surface area (Å²) >= 11 is 0. The predicted octanol–water partition coefficient (Wildman–Crippen LogP) is 8.24. The molecule has 1 amide bonds. The number of carbonyl (C=O) groups excluding carboxylic acids is 3. The third-order valence-corrected chi connectivity index (χ3v) is 7.19. The highest BCUT2D eigenvalue weighted by atomic mass is 16.6. The lowest BCUT2D eigenvalue weighted by Crippen LogP contribution is -2.45. The lowest BCUT2D eigenvalue weighted by Gasteiger charge is -2.25. The summed E-state index contributed by atoms with van der Waals surface area (Å²) in [6.07, 6.45) is 6.05. The van der Waals surface area contributed by atoms with Gasteiger partial charge in [-0.3, -0.25) is 4.79 Å². The van der Waals surface area contributed by atoms with Gasteiger partial charge in [0.15, 0.2) is 0 Å². The average molecular weight is 616 g/mol. The number of nitrogens with one attached hydrogen (secondary N) is 1. The Morgan fingerprint density at radius 3 is 1.87 bits per heavy atom. The van der Waals surface area contributed by atoms with Gasteiger partial charge in [-0.1, -0.05) is 77.6 Å². The van der Waals surface area contributed by atoms with Crippen LogP contribution in [-0.2, 0) is 21.4 Å². The lowest BCUT2D eigenvalue weighted by atomic mass is 9.86. The van der Waals surface area contributed by atoms with Crippen molar-refractivity contribution in [2.45, 2.75) is 104 Å². The Kier molecular flexibility index (Phi) is 12.8. The molecule has 1 unspecified atom stereocenters. The van der Waals surface area contributed by atoms with Crippen LogP contribution in [0.2, 0.25) is 0 Å². The third-order valence-electron chi connectivity index (χ3n) is 7.19. The summed E-state index contributed by atoms with van der Waals surface area (Å²) in [7, 11) is 0. The van der Waals surface area contributed by atoms with Crippen molar-refractivity contribution in [3.63, 3.8) is 0 Å². The molecular formula is C38H49NO6. The predicted molar refractivity (Wildman–Crippen MR) is 178 cm³/mol. The molecule has 7 heteroatoms. The van der Waals surface area contributed by atoms with Crippen molar-refractivity contribution in [3.05, 3.63) is 95.1 Å². The quantitative estimate of drug-likeness (QED) is 0.112. The SMILES string of the molecule is CCCCCCCOc1ccc(C(=O)Oc2ccc(CC(NC(=O)c3ccc(C(C)(C)C)cc3)C(=O)OC(C)(C)C)cc2)cc1. The molecule has 0 saturated heterocycles. The highest BCUT2D eigenvalue weighted by Crippen LogP contribution is 2.23. The lowest BCUT2D eigenvalue weighted by molar-refractivity contribution is -0.157. The van der Waals surface area contributed by atoms with Gasteiger partial charge in [0.25, 0.3) is 5.91 Å². The van der Waals surface area contributed by atoms with Gasteiger partial charge in [-0.15, -0.1) is 0 Å². The van der Waals surface area contributed by atoms with Crippen molar-refractivity contribution in [3.8, 4) is 11.5 Å². The molecule has 0 aromatic heterocycles. The largest absolute Gasteiger partial charge is 0.494 e. The van der Waals surface area contributed by atoms with Crippen LogP contribution in [0.25, 0.3) is 0 Å². The Hall–Kier alpha value is -4.13. The molecule has 0 aliphatic heterocycles. The molecule has 0 aliphatic carbocycles. The van der Waals surface area contributed by atoms with Crippen molar-refractivity contribution in [1.82, 2.24) is 5.32 Å². The maximum atomic E-state index is 13.1. The number of esters is 2. The molecule has 0 bridgehead atoms. The second kappa shape index (κ2) is 16.3. The van der Waals surface area contributed by atoms with E-state index in [0.29, 0.717) is 23.5 Å². The normalized spacial score (nSPS) is 12.2. The smallest absolute Gasteiger partial charge is 0.343 e. The zero-order chi connectivity index (χ0) is 33.0. The van der Waals surface area contributed by atoms with Gasteiger partial charge in [-0.2, -0.15) is 0 Å². The van der Waals surface area contributed by atoms with Gasteiger partial charge in [-0.05, 0) is 92.3 Å². The molecule has 0 fully saturated rings. The molecule has 3 rings (SSSR count). The Labute approximate surface area is 268 Å². The molecule has 3 aromatic carbocycles. The second-order valence-electron chi connectivity index (χ2n) is 13.4. The van der Waals surface area contributed by atoms with E-state index in [1.165, 1.54) is 19.3 Å². The summed E-state index contributed by atoms with van der Waals surface area (Å²) in [5.41, 5.74) is 1.99. The van der Waals surface area contributed by atoms with E-state index in [9.17, 15) is 14.4 Å². The number of benzene rings is 3. The zero-order valence-corrected chi connectivity index (χ0v) is 27.9. The van der Waals surface area contributed by atoms with E-state index in [1.54, 1.807) is 81.4 Å². The first-order valence-corrected chi connectivity index (χ1v) is 15.9. The molecule has 1 N–H and O–H groups in total. The Bertz CT molecular complexity index is 1380. The minimum absolute atomic E-state index is 0.0406. The van der Waals surface area contributed by atoms with Crippen molar-refractivity contribution in [2.24, 2.45) is 0 Å². The Balaban J connectivity index is 1.61. The highest BCUT2D eigenvalue weighted by molar-refractivity contribution is 5.97. The van der Waals surface area contributed by atoms with Crippen LogP contribution in [0.5, 0.6) is 11.5 Å². The summed E-state index contributed by atoms with van der Waals surface area (Å²) in [4.78, 5) is 39.0. The molecule has 0 aliphatic rings. The molecule has 0 saturated carbocycles. The molecule has 45 heavy (non-hydrogen) atoms. The number of hydrogen-bond acceptors (Lipinski definition) is 6. The average Bonchev–Trinajstić information content (AvgIpc) is 2.98. The number of carbonyl (C=O) groups is 3. The van der Waals surface area contributed by atoms with Crippen LogP contribution < -0.4 is 14.8 Å². The van der Waals surface area contributed by atoms with Gasteiger partial charge in [0.1, 0.15) is 23.1 Å². The first-order chi connectivity index (χ1) is 21.2. The third kappa shape index (κ3) is 12.1. The van der Waals surface area contributed by atoms with Crippen LogP contribution in [0.15, 0.2) is 72.8 Å². The van der Waals surface area contributed by atoms with E-state index in [-0.39, 0.29) is 17.7 Å². The minimum Gasteiger partial charge on any atom is -0.494 e. The zero-order valence-electron chi connectivity index (χ0n) is 27.9. The van der Waals surface area contributed by atoms with Gasteiger partial charge in [0.05, 0.1) is 12.2 Å². The van der Waals surface area contributed by atoms with Gasteiger partial charge >= 0.3 is 11.9 Å². The van der Waals surface area contributed by atoms with Crippen LogP contribution >= 0.6 is 0 Å². The summed E-state index contributed by atoms with van der Waals surface area (Å²) < 4.78 is 17.0. The molecule has 1 atom stereocenters. The number of ether oxygens (including phenoxy) is 3. The van der Waals surface area contributed by atoms with E-state index in [1.807, 2.05) is 12.1 Å². The monoisotopic (exact) mass is 615 g/mol. The molecular weight excluding hydrogens is 566 g/mol. The second-order valence-corrected chi connectivity index (χ2v) is 13.4. The van der Waals surface area contributed by atoms with Crippen molar-refractivity contribution >= 4 is 17.8 Å². The topological polar surface area (TPSA) is 90.9 Å². The maximum Gasteiger partial charge on any atom is 0.343 e. The fourth-order valence-corrected chi connectivity index (χ4v) is 4.61. The van der Waals surface area contributed by atoms with Gasteiger partial charge in [0.2, 0.25) is 0 Å². The molecule has 0 spiro atoms. The summed E-state index contributed by atoms with van der Waals surface area (Å²) in [6.45, 7) is 14.5. The first-order valence-electron chi connectivity index (χ1n) is 15.9. The van der Waals surface area contributed by atoms with Crippen LogP contribution in [0.1, 0.15) is 112 Å². The highest BCUT2D eigenvalue weighted by Gasteiger charge is 2.28. The fourth-order valence-electron chi connectivity index (χ4n) is 4.61. The van der Waals surface area contributed by atoms with E-state index in [0.717, 1.165) is 29.7 Å². The van der Waals surface area contributed by atoms with Gasteiger partial charge in [-0.25, -0.2) is 9.59 Å². The number of amides is 1. The van der Waals surface area contributed by atoms with Crippen LogP contribution in [0.3, 0.4) is 0 Å². The van der Waals surface area contributed by atoms with Crippen molar-refractivity contribution in [1.29, 1.82) is 0 Å². The Morgan fingerprint density at radius 2 is 1.29 bits per heavy atom. The van der Waals surface area contributed by atoms with Gasteiger partial charge < -0.3 is 19.5 Å². The van der Waals surface area contributed by atoms with Crippen molar-refractivity contribution in [2.75, 3.05) is 6.61 Å². The number of unbranched alkanes of at least 4 members (excludes halogenated alkanes) is 4. The Morgan fingerprint density at radius 1 is 0.711 bits per heavy atom. The first kappa shape index (κ1) is 35.4. The van der Waals surface area contributed by atoms with Gasteiger partial charge in [0, 0.05) is 12.0 Å². The number of hydrogen-bond donors (Lipinski definition) is 1.